The number of nitrogens with two attached hydrogens (primary N) is 2. The molecular weight excluding hydrogens is 230 g/mol. The monoisotopic (exact) mass is 241 g/mol. The Labute approximate surface area is 102 Å². The van der Waals surface area contributed by atoms with Crippen molar-refractivity contribution in [1.82, 2.24) is 14.8 Å². The van der Waals surface area contributed by atoms with Crippen LogP contribution in [0.25, 0.3) is 16.7 Å². The number of rotatable bonds is 1. The largest absolute Gasteiger partial charge is 0.396 e. The molecule has 5 N–H and O–H groups in total. The van der Waals surface area contributed by atoms with E-state index < -0.39 is 5.56 Å². The number of nitrogen functional groups attached to an aromatic ring is 2. The first kappa shape index (κ1) is 10.4. The molecule has 0 spiro atoms. The number of para-hydroxylation sites is 1. The van der Waals surface area contributed by atoms with Crippen LogP contribution in [-0.4, -0.2) is 14.8 Å². The van der Waals surface area contributed by atoms with Gasteiger partial charge in [0, 0.05) is 0 Å². The van der Waals surface area contributed by atoms with E-state index in [0.29, 0.717) is 11.0 Å². The van der Waals surface area contributed by atoms with Gasteiger partial charge in [0.15, 0.2) is 0 Å². The minimum absolute atomic E-state index is 0.0233. The van der Waals surface area contributed by atoms with Gasteiger partial charge in [-0.2, -0.15) is 5.10 Å². The lowest BCUT2D eigenvalue weighted by Crippen LogP contribution is -2.15. The Morgan fingerprint density at radius 3 is 2.56 bits per heavy atom. The number of nitrogens with one attached hydrogen (secondary N) is 1. The number of hydrogen-bond donors (Lipinski definition) is 3. The number of aromatic nitrogens is 3. The number of nitrogens with zero attached hydrogens (tertiary/aromatic N) is 2. The fourth-order valence-electron chi connectivity index (χ4n) is 1.87. The summed E-state index contributed by atoms with van der Waals surface area (Å²) in [5, 5.41) is 4.85. The van der Waals surface area contributed by atoms with Crippen LogP contribution in [-0.2, 0) is 0 Å². The number of H-pyrrole nitrogens is 1. The third kappa shape index (κ3) is 1.36. The van der Waals surface area contributed by atoms with E-state index in [2.05, 4.69) is 10.1 Å². The van der Waals surface area contributed by atoms with Gasteiger partial charge in [-0.3, -0.25) is 4.79 Å². The SMILES string of the molecule is Nc1c(N)c2cnn(-c3ccccc3)c2[nH]c1=O. The molecule has 0 fully saturated rings. The summed E-state index contributed by atoms with van der Waals surface area (Å²) in [6, 6.07) is 9.46. The van der Waals surface area contributed by atoms with E-state index >= 15 is 0 Å². The summed E-state index contributed by atoms with van der Waals surface area (Å²) in [5.41, 5.74) is 12.7. The average Bonchev–Trinajstić information content (AvgIpc) is 2.81. The molecule has 6 nitrogen and oxygen atoms in total. The Kier molecular flexibility index (Phi) is 2.09. The zero-order valence-corrected chi connectivity index (χ0v) is 9.42. The minimum atomic E-state index is -0.405. The average molecular weight is 241 g/mol. The molecule has 0 unspecified atom stereocenters. The second kappa shape index (κ2) is 3.63. The molecule has 0 aliphatic heterocycles. The summed E-state index contributed by atoms with van der Waals surface area (Å²) >= 11 is 0. The van der Waals surface area contributed by atoms with E-state index in [1.807, 2.05) is 30.3 Å². The number of aromatic amines is 1. The van der Waals surface area contributed by atoms with Crippen molar-refractivity contribution in [2.24, 2.45) is 0 Å². The van der Waals surface area contributed by atoms with Gasteiger partial charge in [-0.15, -0.1) is 0 Å². The molecule has 0 saturated heterocycles. The highest BCUT2D eigenvalue weighted by Crippen LogP contribution is 2.23. The van der Waals surface area contributed by atoms with Crippen molar-refractivity contribution >= 4 is 22.4 Å². The van der Waals surface area contributed by atoms with Crippen molar-refractivity contribution in [1.29, 1.82) is 0 Å². The predicted molar refractivity (Wildman–Crippen MR) is 70.5 cm³/mol. The number of hydrogen-bond acceptors (Lipinski definition) is 4. The van der Waals surface area contributed by atoms with Crippen LogP contribution in [0.1, 0.15) is 0 Å². The maximum atomic E-state index is 11.6. The van der Waals surface area contributed by atoms with Crippen LogP contribution >= 0.6 is 0 Å². The molecule has 2 aromatic heterocycles. The molecule has 18 heavy (non-hydrogen) atoms. The molecule has 0 radical (unpaired) electrons. The predicted octanol–water partition coefficient (Wildman–Crippen LogP) is 0.878. The van der Waals surface area contributed by atoms with Crippen molar-refractivity contribution in [2.75, 3.05) is 11.5 Å². The second-order valence-electron chi connectivity index (χ2n) is 3.94. The lowest BCUT2D eigenvalue weighted by atomic mass is 10.2. The Balaban J connectivity index is 2.38. The highest BCUT2D eigenvalue weighted by atomic mass is 16.1. The molecule has 3 rings (SSSR count). The summed E-state index contributed by atoms with van der Waals surface area (Å²) < 4.78 is 1.62. The highest BCUT2D eigenvalue weighted by Gasteiger charge is 2.12. The molecule has 0 aliphatic rings. The molecular formula is C12H11N5O. The summed E-state index contributed by atoms with van der Waals surface area (Å²) in [6.45, 7) is 0. The van der Waals surface area contributed by atoms with Gasteiger partial charge < -0.3 is 16.5 Å². The van der Waals surface area contributed by atoms with Crippen LogP contribution in [0.3, 0.4) is 0 Å². The van der Waals surface area contributed by atoms with Gasteiger partial charge in [0.1, 0.15) is 11.3 Å². The standard InChI is InChI=1S/C12H11N5O/c13-9-8-6-15-17(7-4-2-1-3-5-7)11(8)16-12(18)10(9)14/h1-6H,14H2,(H3,13,16,18). The van der Waals surface area contributed by atoms with Crippen LogP contribution in [0.4, 0.5) is 11.4 Å². The summed E-state index contributed by atoms with van der Waals surface area (Å²) in [5.74, 6) is 0. The molecule has 0 atom stereocenters. The van der Waals surface area contributed by atoms with Crippen LogP contribution < -0.4 is 17.0 Å². The highest BCUT2D eigenvalue weighted by molar-refractivity contribution is 5.94. The molecule has 0 amide bonds. The van der Waals surface area contributed by atoms with Crippen molar-refractivity contribution in [3.63, 3.8) is 0 Å². The van der Waals surface area contributed by atoms with E-state index in [1.54, 1.807) is 10.9 Å². The first-order valence-corrected chi connectivity index (χ1v) is 5.39. The van der Waals surface area contributed by atoms with Crippen molar-refractivity contribution in [3.8, 4) is 5.69 Å². The summed E-state index contributed by atoms with van der Waals surface area (Å²) in [7, 11) is 0. The molecule has 0 aliphatic carbocycles. The van der Waals surface area contributed by atoms with E-state index in [0.717, 1.165) is 5.69 Å². The van der Waals surface area contributed by atoms with Gasteiger partial charge in [0.25, 0.3) is 5.56 Å². The van der Waals surface area contributed by atoms with Gasteiger partial charge in [-0.25, -0.2) is 4.68 Å². The molecule has 1 aromatic carbocycles. The van der Waals surface area contributed by atoms with Gasteiger partial charge >= 0.3 is 0 Å². The first-order chi connectivity index (χ1) is 8.68. The smallest absolute Gasteiger partial charge is 0.274 e. The first-order valence-electron chi connectivity index (χ1n) is 5.39. The lowest BCUT2D eigenvalue weighted by molar-refractivity contribution is 0.895. The van der Waals surface area contributed by atoms with E-state index in [1.165, 1.54) is 0 Å². The normalized spacial score (nSPS) is 10.9. The summed E-state index contributed by atoms with van der Waals surface area (Å²) in [4.78, 5) is 14.3. The third-order valence-electron chi connectivity index (χ3n) is 2.83. The zero-order valence-electron chi connectivity index (χ0n) is 9.42. The maximum absolute atomic E-state index is 11.6. The zero-order chi connectivity index (χ0) is 12.7. The maximum Gasteiger partial charge on any atom is 0.274 e. The van der Waals surface area contributed by atoms with Gasteiger partial charge in [-0.05, 0) is 12.1 Å². The Morgan fingerprint density at radius 1 is 1.11 bits per heavy atom. The van der Waals surface area contributed by atoms with Crippen LogP contribution in [0.15, 0.2) is 41.3 Å². The number of fused-ring (bicyclic) bond motifs is 1. The van der Waals surface area contributed by atoms with Crippen molar-refractivity contribution < 1.29 is 0 Å². The Bertz CT molecular complexity index is 772. The van der Waals surface area contributed by atoms with Gasteiger partial charge in [0.2, 0.25) is 0 Å². The van der Waals surface area contributed by atoms with Crippen LogP contribution in [0.2, 0.25) is 0 Å². The summed E-state index contributed by atoms with van der Waals surface area (Å²) in [6.07, 6.45) is 1.59. The molecule has 90 valence electrons. The van der Waals surface area contributed by atoms with Crippen molar-refractivity contribution in [2.45, 2.75) is 0 Å². The van der Waals surface area contributed by atoms with E-state index in [-0.39, 0.29) is 11.4 Å². The number of benzene rings is 1. The molecule has 3 aromatic rings. The minimum Gasteiger partial charge on any atom is -0.396 e. The van der Waals surface area contributed by atoms with Crippen LogP contribution in [0, 0.1) is 0 Å². The Hall–Kier alpha value is -2.76. The van der Waals surface area contributed by atoms with Crippen LogP contribution in [0.5, 0.6) is 0 Å². The lowest BCUT2D eigenvalue weighted by Gasteiger charge is -2.04. The number of pyridine rings is 1. The van der Waals surface area contributed by atoms with E-state index in [9.17, 15) is 4.79 Å². The van der Waals surface area contributed by atoms with Gasteiger partial charge in [-0.1, -0.05) is 18.2 Å². The second-order valence-corrected chi connectivity index (χ2v) is 3.94. The molecule has 0 saturated carbocycles. The van der Waals surface area contributed by atoms with Gasteiger partial charge in [0.05, 0.1) is 23.0 Å². The number of anilines is 2. The molecule has 2 heterocycles. The quantitative estimate of drug-likeness (QED) is 0.588. The Morgan fingerprint density at radius 2 is 1.83 bits per heavy atom. The van der Waals surface area contributed by atoms with Crippen molar-refractivity contribution in [3.05, 3.63) is 46.9 Å². The third-order valence-corrected chi connectivity index (χ3v) is 2.83. The van der Waals surface area contributed by atoms with E-state index in [4.69, 9.17) is 11.5 Å². The fraction of sp³-hybridized carbons (Fsp3) is 0. The molecule has 6 heteroatoms. The molecule has 0 bridgehead atoms. The fourth-order valence-corrected chi connectivity index (χ4v) is 1.87. The topological polar surface area (TPSA) is 103 Å².